The molecule has 1 N–H and O–H groups in total. The van der Waals surface area contributed by atoms with Crippen molar-refractivity contribution in [2.75, 3.05) is 12.4 Å². The second kappa shape index (κ2) is 7.12. The van der Waals surface area contributed by atoms with Crippen molar-refractivity contribution in [1.82, 2.24) is 0 Å². The zero-order valence-corrected chi connectivity index (χ0v) is 13.3. The Morgan fingerprint density at radius 3 is 2.71 bits per heavy atom. The zero-order chi connectivity index (χ0) is 15.4. The Morgan fingerprint density at radius 2 is 2.00 bits per heavy atom. The van der Waals surface area contributed by atoms with Gasteiger partial charge in [-0.2, -0.15) is 0 Å². The first-order chi connectivity index (χ1) is 10.0. The molecule has 0 radical (unpaired) electrons. The predicted octanol–water partition coefficient (Wildman–Crippen LogP) is 5.45. The number of anilines is 1. The minimum absolute atomic E-state index is 0.0514. The maximum Gasteiger partial charge on any atom is 0.142 e. The quantitative estimate of drug-likeness (QED) is 0.737. The van der Waals surface area contributed by atoms with E-state index in [1.165, 1.54) is 12.1 Å². The van der Waals surface area contributed by atoms with E-state index in [4.69, 9.17) is 27.9 Å². The van der Waals surface area contributed by atoms with Crippen molar-refractivity contribution in [2.24, 2.45) is 0 Å². The fraction of sp³-hybridized carbons (Fsp3) is 0.250. The Hall–Kier alpha value is -1.29. The number of nitrogens with one attached hydrogen (secondary N) is 1. The van der Waals surface area contributed by atoms with E-state index in [2.05, 4.69) is 5.32 Å². The van der Waals surface area contributed by atoms with E-state index in [9.17, 15) is 4.39 Å². The van der Waals surface area contributed by atoms with E-state index in [0.717, 1.165) is 11.3 Å². The van der Waals surface area contributed by atoms with Crippen molar-refractivity contribution in [2.45, 2.75) is 19.6 Å². The third-order valence-electron chi connectivity index (χ3n) is 3.13. The van der Waals surface area contributed by atoms with E-state index in [1.54, 1.807) is 7.11 Å². The van der Waals surface area contributed by atoms with Gasteiger partial charge >= 0.3 is 0 Å². The number of hydrogen-bond donors (Lipinski definition) is 1. The highest BCUT2D eigenvalue weighted by atomic mass is 35.5. The summed E-state index contributed by atoms with van der Waals surface area (Å²) in [5, 5.41) is 3.77. The van der Waals surface area contributed by atoms with Crippen LogP contribution in [0.5, 0.6) is 0 Å². The molecule has 0 fully saturated rings. The number of ether oxygens (including phenoxy) is 1. The molecule has 0 amide bonds. The normalized spacial score (nSPS) is 12.2. The van der Waals surface area contributed by atoms with Crippen LogP contribution >= 0.6 is 23.2 Å². The summed E-state index contributed by atoms with van der Waals surface area (Å²) in [7, 11) is 1.65. The molecule has 0 saturated carbocycles. The number of methoxy groups -OCH3 is 1. The summed E-state index contributed by atoms with van der Waals surface area (Å²) < 4.78 is 18.7. The molecule has 0 saturated heterocycles. The molecule has 2 nitrogen and oxygen atoms in total. The standard InChI is InChI=1S/C16H16Cl2FNO/c1-10(15-13(17)6-7-14(19)16(15)18)20-12-5-3-4-11(8-12)9-21-2/h3-8,10,20H,9H2,1-2H3. The molecule has 112 valence electrons. The number of hydrogen-bond acceptors (Lipinski definition) is 2. The van der Waals surface area contributed by atoms with Crippen molar-refractivity contribution >= 4 is 28.9 Å². The van der Waals surface area contributed by atoms with Crippen LogP contribution < -0.4 is 5.32 Å². The van der Waals surface area contributed by atoms with Crippen molar-refractivity contribution in [1.29, 1.82) is 0 Å². The van der Waals surface area contributed by atoms with Gasteiger partial charge in [-0.1, -0.05) is 35.3 Å². The molecule has 0 heterocycles. The lowest BCUT2D eigenvalue weighted by Gasteiger charge is -2.19. The van der Waals surface area contributed by atoms with E-state index in [0.29, 0.717) is 17.2 Å². The van der Waals surface area contributed by atoms with Crippen LogP contribution in [0.1, 0.15) is 24.1 Å². The highest BCUT2D eigenvalue weighted by Gasteiger charge is 2.17. The number of rotatable bonds is 5. The third kappa shape index (κ3) is 3.88. The molecular weight excluding hydrogens is 312 g/mol. The first kappa shape index (κ1) is 16.1. The molecule has 0 bridgehead atoms. The first-order valence-electron chi connectivity index (χ1n) is 6.50. The van der Waals surface area contributed by atoms with Gasteiger partial charge in [-0.15, -0.1) is 0 Å². The molecule has 0 aromatic heterocycles. The number of halogens is 3. The summed E-state index contributed by atoms with van der Waals surface area (Å²) in [5.41, 5.74) is 2.50. The molecule has 2 aromatic carbocycles. The maximum absolute atomic E-state index is 13.6. The summed E-state index contributed by atoms with van der Waals surface area (Å²) in [6.45, 7) is 2.42. The predicted molar refractivity (Wildman–Crippen MR) is 85.6 cm³/mol. The smallest absolute Gasteiger partial charge is 0.142 e. The van der Waals surface area contributed by atoms with Crippen molar-refractivity contribution in [3.63, 3.8) is 0 Å². The Bertz CT molecular complexity index is 634. The second-order valence-corrected chi connectivity index (χ2v) is 5.54. The van der Waals surface area contributed by atoms with Crippen LogP contribution in [0, 0.1) is 5.82 Å². The minimum Gasteiger partial charge on any atom is -0.380 e. The molecule has 5 heteroatoms. The second-order valence-electron chi connectivity index (χ2n) is 4.76. The van der Waals surface area contributed by atoms with E-state index in [-0.39, 0.29) is 11.1 Å². The third-order valence-corrected chi connectivity index (χ3v) is 3.85. The monoisotopic (exact) mass is 327 g/mol. The van der Waals surface area contributed by atoms with Gasteiger partial charge in [0, 0.05) is 23.4 Å². The number of benzene rings is 2. The van der Waals surface area contributed by atoms with Crippen LogP contribution in [-0.2, 0) is 11.3 Å². The average Bonchev–Trinajstić information content (AvgIpc) is 2.44. The van der Waals surface area contributed by atoms with Gasteiger partial charge in [-0.3, -0.25) is 0 Å². The Balaban J connectivity index is 2.24. The summed E-state index contributed by atoms with van der Waals surface area (Å²) in [6.07, 6.45) is 0. The summed E-state index contributed by atoms with van der Waals surface area (Å²) in [4.78, 5) is 0. The van der Waals surface area contributed by atoms with Crippen LogP contribution in [0.4, 0.5) is 10.1 Å². The van der Waals surface area contributed by atoms with Crippen LogP contribution in [-0.4, -0.2) is 7.11 Å². The van der Waals surface area contributed by atoms with Crippen molar-refractivity contribution in [3.05, 3.63) is 63.4 Å². The highest BCUT2D eigenvalue weighted by molar-refractivity contribution is 6.36. The fourth-order valence-electron chi connectivity index (χ4n) is 2.18. The molecule has 2 aromatic rings. The van der Waals surface area contributed by atoms with Gasteiger partial charge in [0.25, 0.3) is 0 Å². The Labute approximate surface area is 133 Å². The van der Waals surface area contributed by atoms with E-state index in [1.807, 2.05) is 31.2 Å². The molecule has 1 atom stereocenters. The van der Waals surface area contributed by atoms with Crippen molar-refractivity contribution in [3.8, 4) is 0 Å². The van der Waals surface area contributed by atoms with Gasteiger partial charge in [-0.25, -0.2) is 4.39 Å². The molecule has 1 unspecified atom stereocenters. The maximum atomic E-state index is 13.6. The van der Waals surface area contributed by atoms with E-state index >= 15 is 0 Å². The summed E-state index contributed by atoms with van der Waals surface area (Å²) >= 11 is 12.2. The lowest BCUT2D eigenvalue weighted by Crippen LogP contribution is -2.09. The zero-order valence-electron chi connectivity index (χ0n) is 11.8. The fourth-order valence-corrected chi connectivity index (χ4v) is 2.88. The molecule has 21 heavy (non-hydrogen) atoms. The van der Waals surface area contributed by atoms with Crippen molar-refractivity contribution < 1.29 is 9.13 Å². The molecule has 2 rings (SSSR count). The largest absolute Gasteiger partial charge is 0.380 e. The topological polar surface area (TPSA) is 21.3 Å². The van der Waals surface area contributed by atoms with Crippen LogP contribution in [0.3, 0.4) is 0 Å². The first-order valence-corrected chi connectivity index (χ1v) is 7.26. The van der Waals surface area contributed by atoms with Gasteiger partial charge in [0.15, 0.2) is 0 Å². The molecular formula is C16H16Cl2FNO. The van der Waals surface area contributed by atoms with Gasteiger partial charge in [-0.05, 0) is 36.8 Å². The summed E-state index contributed by atoms with van der Waals surface area (Å²) in [5.74, 6) is -0.474. The molecule has 0 aliphatic heterocycles. The van der Waals surface area contributed by atoms with E-state index < -0.39 is 5.82 Å². The van der Waals surface area contributed by atoms with Gasteiger partial charge in [0.1, 0.15) is 5.82 Å². The lowest BCUT2D eigenvalue weighted by atomic mass is 10.1. The van der Waals surface area contributed by atoms with Gasteiger partial charge < -0.3 is 10.1 Å². The SMILES string of the molecule is COCc1cccc(NC(C)c2c(Cl)ccc(F)c2Cl)c1. The molecule has 0 aliphatic rings. The van der Waals surface area contributed by atoms with Gasteiger partial charge in [0.05, 0.1) is 17.7 Å². The molecule has 0 aliphatic carbocycles. The minimum atomic E-state index is -0.474. The summed E-state index contributed by atoms with van der Waals surface area (Å²) in [6, 6.07) is 10.4. The Kier molecular flexibility index (Phi) is 5.45. The van der Waals surface area contributed by atoms with Crippen LogP contribution in [0.15, 0.2) is 36.4 Å². The van der Waals surface area contributed by atoms with Crippen LogP contribution in [0.25, 0.3) is 0 Å². The lowest BCUT2D eigenvalue weighted by molar-refractivity contribution is 0.185. The Morgan fingerprint density at radius 1 is 1.24 bits per heavy atom. The highest BCUT2D eigenvalue weighted by Crippen LogP contribution is 2.34. The van der Waals surface area contributed by atoms with Crippen LogP contribution in [0.2, 0.25) is 10.0 Å². The molecule has 0 spiro atoms. The van der Waals surface area contributed by atoms with Gasteiger partial charge in [0.2, 0.25) is 0 Å². The average molecular weight is 328 g/mol.